The Labute approximate surface area is 255 Å². The molecule has 0 aliphatic carbocycles. The molecule has 6 rings (SSSR count). The number of carbonyl (C=O) groups excluding carboxylic acids is 3. The van der Waals surface area contributed by atoms with Gasteiger partial charge in [0.1, 0.15) is 17.5 Å². The lowest BCUT2D eigenvalue weighted by molar-refractivity contribution is -0.122. The molecule has 0 spiro atoms. The van der Waals surface area contributed by atoms with Crippen LogP contribution in [-0.4, -0.2) is 48.9 Å². The van der Waals surface area contributed by atoms with Gasteiger partial charge >= 0.3 is 4.87 Å². The van der Waals surface area contributed by atoms with Gasteiger partial charge in [-0.3, -0.25) is 23.7 Å². The van der Waals surface area contributed by atoms with Crippen LogP contribution in [0.25, 0.3) is 0 Å². The number of ether oxygens (including phenoxy) is 3. The Morgan fingerprint density at radius 3 is 2.26 bits per heavy atom. The van der Waals surface area contributed by atoms with Crippen LogP contribution in [0.15, 0.2) is 82.6 Å². The number of amides is 3. The summed E-state index contributed by atoms with van der Waals surface area (Å²) in [6.45, 7) is -0.243. The fraction of sp³-hybridized carbons (Fsp3) is 0.226. The third-order valence-electron chi connectivity index (χ3n) is 7.51. The molecule has 12 heteroatoms. The molecule has 0 bridgehead atoms. The summed E-state index contributed by atoms with van der Waals surface area (Å²) in [6.07, 6.45) is 0. The maximum absolute atomic E-state index is 14.1. The zero-order chi connectivity index (χ0) is 30.2. The van der Waals surface area contributed by atoms with E-state index in [-0.39, 0.29) is 29.1 Å². The van der Waals surface area contributed by atoms with Crippen molar-refractivity contribution in [1.82, 2.24) is 4.57 Å². The van der Waals surface area contributed by atoms with Gasteiger partial charge in [-0.2, -0.15) is 0 Å². The number of imide groups is 1. The molecular weight excluding hydrogens is 590 g/mol. The summed E-state index contributed by atoms with van der Waals surface area (Å²) >= 11 is 2.14. The number of benzene rings is 3. The summed E-state index contributed by atoms with van der Waals surface area (Å²) in [4.78, 5) is 55.9. The molecular formula is C31H27N3O7S2. The summed E-state index contributed by atoms with van der Waals surface area (Å²) in [7, 11) is 4.59. The van der Waals surface area contributed by atoms with E-state index in [0.717, 1.165) is 23.1 Å². The minimum absolute atomic E-state index is 0.243. The first-order valence-corrected chi connectivity index (χ1v) is 15.0. The Hall–Kier alpha value is -4.55. The Bertz CT molecular complexity index is 1770. The maximum Gasteiger partial charge on any atom is 0.308 e. The van der Waals surface area contributed by atoms with Gasteiger partial charge in [0.15, 0.2) is 11.5 Å². The Balaban J connectivity index is 1.44. The molecule has 4 aromatic rings. The van der Waals surface area contributed by atoms with E-state index >= 15 is 0 Å². The molecule has 3 amide bonds. The summed E-state index contributed by atoms with van der Waals surface area (Å²) in [5.74, 6) is -1.02. The fourth-order valence-electron chi connectivity index (χ4n) is 5.51. The highest BCUT2D eigenvalue weighted by atomic mass is 32.2. The van der Waals surface area contributed by atoms with E-state index < -0.39 is 17.1 Å². The van der Waals surface area contributed by atoms with Crippen molar-refractivity contribution in [2.24, 2.45) is 5.92 Å². The van der Waals surface area contributed by atoms with Crippen molar-refractivity contribution in [3.8, 4) is 17.2 Å². The Morgan fingerprint density at radius 1 is 0.860 bits per heavy atom. The monoisotopic (exact) mass is 617 g/mol. The molecule has 2 aliphatic heterocycles. The molecule has 3 aromatic carbocycles. The number of thiazole rings is 1. The van der Waals surface area contributed by atoms with Gasteiger partial charge in [0, 0.05) is 16.5 Å². The number of carbonyl (C=O) groups is 3. The molecule has 1 saturated heterocycles. The lowest BCUT2D eigenvalue weighted by Gasteiger charge is -2.31. The number of nitrogens with zero attached hydrogens (tertiary/aromatic N) is 2. The molecule has 3 heterocycles. The summed E-state index contributed by atoms with van der Waals surface area (Å²) < 4.78 is 17.6. The van der Waals surface area contributed by atoms with Gasteiger partial charge < -0.3 is 19.5 Å². The number of anilines is 2. The first-order valence-electron chi connectivity index (χ1n) is 13.3. The van der Waals surface area contributed by atoms with E-state index in [0.29, 0.717) is 44.1 Å². The average Bonchev–Trinajstić information content (AvgIpc) is 3.47. The van der Waals surface area contributed by atoms with E-state index in [2.05, 4.69) is 5.32 Å². The Morgan fingerprint density at radius 2 is 1.58 bits per heavy atom. The number of hydrogen-bond acceptors (Lipinski definition) is 9. The van der Waals surface area contributed by atoms with Gasteiger partial charge in [0.2, 0.25) is 17.7 Å². The number of methoxy groups -OCH3 is 3. The number of nitrogens with one attached hydrogen (secondary N) is 1. The van der Waals surface area contributed by atoms with Crippen molar-refractivity contribution >= 4 is 52.2 Å². The topological polar surface area (TPSA) is 116 Å². The maximum atomic E-state index is 14.1. The van der Waals surface area contributed by atoms with Crippen LogP contribution in [0, 0.1) is 5.92 Å². The minimum Gasteiger partial charge on any atom is -0.497 e. The van der Waals surface area contributed by atoms with Crippen LogP contribution in [0.3, 0.4) is 0 Å². The van der Waals surface area contributed by atoms with Crippen LogP contribution in [0.5, 0.6) is 17.2 Å². The second kappa shape index (κ2) is 11.6. The van der Waals surface area contributed by atoms with Gasteiger partial charge in [-0.05, 0) is 54.1 Å². The predicted molar refractivity (Wildman–Crippen MR) is 164 cm³/mol. The summed E-state index contributed by atoms with van der Waals surface area (Å²) in [6, 6.07) is 21.0. The van der Waals surface area contributed by atoms with E-state index in [1.165, 1.54) is 30.8 Å². The first kappa shape index (κ1) is 28.6. The molecule has 2 aliphatic rings. The fourth-order valence-corrected chi connectivity index (χ4v) is 8.29. The van der Waals surface area contributed by atoms with Gasteiger partial charge in [-0.1, -0.05) is 47.4 Å². The molecule has 1 fully saturated rings. The molecule has 1 N–H and O–H groups in total. The van der Waals surface area contributed by atoms with Crippen molar-refractivity contribution in [2.75, 3.05) is 31.5 Å². The average molecular weight is 618 g/mol. The molecule has 43 heavy (non-hydrogen) atoms. The van der Waals surface area contributed by atoms with Gasteiger partial charge in [0.25, 0.3) is 0 Å². The van der Waals surface area contributed by atoms with Crippen molar-refractivity contribution in [1.29, 1.82) is 0 Å². The van der Waals surface area contributed by atoms with Crippen LogP contribution < -0.4 is 29.3 Å². The highest BCUT2D eigenvalue weighted by Crippen LogP contribution is 2.54. The predicted octanol–water partition coefficient (Wildman–Crippen LogP) is 4.37. The molecule has 0 radical (unpaired) electrons. The van der Waals surface area contributed by atoms with Crippen molar-refractivity contribution < 1.29 is 28.6 Å². The van der Waals surface area contributed by atoms with E-state index in [1.54, 1.807) is 60.7 Å². The lowest BCUT2D eigenvalue weighted by Crippen LogP contribution is -2.33. The van der Waals surface area contributed by atoms with Crippen LogP contribution in [0.2, 0.25) is 0 Å². The molecule has 2 unspecified atom stereocenters. The SMILES string of the molecule is COc1ccc(N2C(=O)C3Sc4c(sc(=O)n4CC(=O)Nc4ccccc4)[C@H](c4ccc(OC)c(OC)c4)C3C2=O)cc1. The van der Waals surface area contributed by atoms with E-state index in [4.69, 9.17) is 14.2 Å². The minimum atomic E-state index is -0.822. The van der Waals surface area contributed by atoms with Crippen molar-refractivity contribution in [3.05, 3.63) is 92.9 Å². The van der Waals surface area contributed by atoms with Gasteiger partial charge in [-0.25, -0.2) is 4.90 Å². The molecule has 10 nitrogen and oxygen atoms in total. The summed E-state index contributed by atoms with van der Waals surface area (Å²) in [5, 5.41) is 2.49. The number of fused-ring (bicyclic) bond motifs is 2. The number of aromatic nitrogens is 1. The molecule has 3 atom stereocenters. The van der Waals surface area contributed by atoms with Crippen molar-refractivity contribution in [2.45, 2.75) is 22.7 Å². The number of thioether (sulfide) groups is 1. The first-order chi connectivity index (χ1) is 20.8. The molecule has 0 saturated carbocycles. The smallest absolute Gasteiger partial charge is 0.308 e. The third kappa shape index (κ3) is 5.06. The van der Waals surface area contributed by atoms with Crippen LogP contribution in [0.1, 0.15) is 16.4 Å². The third-order valence-corrected chi connectivity index (χ3v) is 10.1. The highest BCUT2D eigenvalue weighted by molar-refractivity contribution is 8.00. The highest BCUT2D eigenvalue weighted by Gasteiger charge is 2.57. The van der Waals surface area contributed by atoms with Crippen LogP contribution in [-0.2, 0) is 20.9 Å². The zero-order valence-electron chi connectivity index (χ0n) is 23.4. The second-order valence-corrected chi connectivity index (χ2v) is 12.0. The Kier molecular flexibility index (Phi) is 7.72. The standard InChI is InChI=1S/C31H27N3O7S2/c1-39-20-12-10-19(11-13-20)34-28(36)25-24(17-9-14-21(40-2)22(15-17)41-3)27-30(42-26(25)29(34)37)33(31(38)43-27)16-23(35)32-18-7-5-4-6-8-18/h4-15,24-26H,16H2,1-3H3,(H,32,35)/t24-,25?,26?/m1/s1. The van der Waals surface area contributed by atoms with E-state index in [9.17, 15) is 19.2 Å². The van der Waals surface area contributed by atoms with Crippen LogP contribution >= 0.6 is 23.1 Å². The largest absolute Gasteiger partial charge is 0.497 e. The molecule has 220 valence electrons. The van der Waals surface area contributed by atoms with Crippen LogP contribution in [0.4, 0.5) is 11.4 Å². The van der Waals surface area contributed by atoms with Gasteiger partial charge in [-0.15, -0.1) is 0 Å². The zero-order valence-corrected chi connectivity index (χ0v) is 25.1. The molecule has 1 aromatic heterocycles. The number of para-hydroxylation sites is 1. The van der Waals surface area contributed by atoms with E-state index in [1.807, 2.05) is 12.1 Å². The summed E-state index contributed by atoms with van der Waals surface area (Å²) in [5.41, 5.74) is 1.72. The normalized spacial score (nSPS) is 19.0. The van der Waals surface area contributed by atoms with Crippen molar-refractivity contribution in [3.63, 3.8) is 0 Å². The second-order valence-electron chi connectivity index (χ2n) is 9.90. The van der Waals surface area contributed by atoms with Gasteiger partial charge in [0.05, 0.1) is 38.0 Å². The lowest BCUT2D eigenvalue weighted by atomic mass is 9.83. The number of hydrogen-bond donors (Lipinski definition) is 1. The quantitative estimate of drug-likeness (QED) is 0.290. The number of rotatable bonds is 8.